The van der Waals surface area contributed by atoms with E-state index in [1.807, 2.05) is 17.4 Å². The van der Waals surface area contributed by atoms with Crippen molar-refractivity contribution in [1.82, 2.24) is 19.1 Å². The molecule has 8 aromatic carbocycles. The second-order valence-corrected chi connectivity index (χ2v) is 15.2. The average molecular weight is 719 g/mol. The Morgan fingerprint density at radius 2 is 1.00 bits per heavy atom. The van der Waals surface area contributed by atoms with Crippen LogP contribution >= 0.6 is 11.3 Å². The van der Waals surface area contributed by atoms with Crippen LogP contribution in [0.4, 0.5) is 0 Å². The van der Waals surface area contributed by atoms with E-state index >= 15 is 0 Å². The summed E-state index contributed by atoms with van der Waals surface area (Å²) in [6.07, 6.45) is 0. The summed E-state index contributed by atoms with van der Waals surface area (Å²) < 4.78 is 7.21. The fourth-order valence-electron chi connectivity index (χ4n) is 8.67. The van der Waals surface area contributed by atoms with Crippen molar-refractivity contribution in [2.24, 2.45) is 0 Å². The summed E-state index contributed by atoms with van der Waals surface area (Å²) in [5, 5.41) is 8.51. The van der Waals surface area contributed by atoms with E-state index in [9.17, 15) is 0 Å². The van der Waals surface area contributed by atoms with Gasteiger partial charge in [-0.3, -0.25) is 4.57 Å². The van der Waals surface area contributed by atoms with Crippen molar-refractivity contribution in [2.45, 2.75) is 0 Å². The number of hydrogen-bond donors (Lipinski definition) is 0. The van der Waals surface area contributed by atoms with Gasteiger partial charge in [-0.05, 0) is 71.8 Å². The molecule has 12 rings (SSSR count). The molecular formula is C50H30N4S. The Balaban J connectivity index is 1.14. The van der Waals surface area contributed by atoms with Gasteiger partial charge in [-0.2, -0.15) is 0 Å². The highest BCUT2D eigenvalue weighted by Crippen LogP contribution is 2.45. The maximum atomic E-state index is 5.36. The molecule has 0 spiro atoms. The molecule has 0 saturated heterocycles. The van der Waals surface area contributed by atoms with Gasteiger partial charge in [0.05, 0.1) is 33.3 Å². The second kappa shape index (κ2) is 11.7. The molecule has 256 valence electrons. The summed E-state index contributed by atoms with van der Waals surface area (Å²) in [6, 6.07) is 65.3. The molecular weight excluding hydrogens is 689 g/mol. The van der Waals surface area contributed by atoms with E-state index in [2.05, 4.69) is 185 Å². The van der Waals surface area contributed by atoms with E-state index in [1.165, 1.54) is 63.9 Å². The molecule has 0 amide bonds. The zero-order chi connectivity index (χ0) is 36.0. The number of benzene rings is 8. The molecule has 0 unspecified atom stereocenters. The van der Waals surface area contributed by atoms with Crippen molar-refractivity contribution in [3.63, 3.8) is 0 Å². The van der Waals surface area contributed by atoms with Gasteiger partial charge in [0.25, 0.3) is 0 Å². The lowest BCUT2D eigenvalue weighted by molar-refractivity contribution is 1.01. The van der Waals surface area contributed by atoms with E-state index in [-0.39, 0.29) is 0 Å². The first-order valence-electron chi connectivity index (χ1n) is 18.6. The second-order valence-electron chi connectivity index (χ2n) is 14.2. The monoisotopic (exact) mass is 718 g/mol. The van der Waals surface area contributed by atoms with Gasteiger partial charge in [-0.1, -0.05) is 121 Å². The third-order valence-electron chi connectivity index (χ3n) is 11.1. The molecule has 55 heavy (non-hydrogen) atoms. The number of fused-ring (bicyclic) bond motifs is 11. The van der Waals surface area contributed by atoms with Crippen LogP contribution < -0.4 is 0 Å². The van der Waals surface area contributed by atoms with Gasteiger partial charge in [0, 0.05) is 58.4 Å². The van der Waals surface area contributed by atoms with E-state index in [0.29, 0.717) is 5.95 Å². The first-order chi connectivity index (χ1) is 27.3. The lowest BCUT2D eigenvalue weighted by Gasteiger charge is -2.12. The van der Waals surface area contributed by atoms with E-state index in [1.54, 1.807) is 0 Å². The van der Waals surface area contributed by atoms with Crippen LogP contribution in [0, 0.1) is 0 Å². The van der Waals surface area contributed by atoms with Crippen LogP contribution in [0.2, 0.25) is 0 Å². The van der Waals surface area contributed by atoms with Crippen LogP contribution in [0.3, 0.4) is 0 Å². The number of thiophene rings is 1. The van der Waals surface area contributed by atoms with E-state index in [4.69, 9.17) is 9.97 Å². The third kappa shape index (κ3) is 4.51. The molecule has 0 bridgehead atoms. The molecule has 0 radical (unpaired) electrons. The van der Waals surface area contributed by atoms with Gasteiger partial charge in [0.15, 0.2) is 0 Å². The molecule has 0 fully saturated rings. The Labute approximate surface area is 319 Å². The Morgan fingerprint density at radius 1 is 0.382 bits per heavy atom. The molecule has 0 aliphatic carbocycles. The highest BCUT2D eigenvalue weighted by atomic mass is 32.1. The first-order valence-corrected chi connectivity index (χ1v) is 19.4. The molecule has 12 aromatic rings. The molecule has 0 N–H and O–H groups in total. The van der Waals surface area contributed by atoms with Crippen molar-refractivity contribution in [3.05, 3.63) is 182 Å². The quantitative estimate of drug-likeness (QED) is 0.182. The summed E-state index contributed by atoms with van der Waals surface area (Å²) in [5.41, 5.74) is 11.0. The molecule has 0 aliphatic heterocycles. The lowest BCUT2D eigenvalue weighted by Crippen LogP contribution is -2.03. The summed E-state index contributed by atoms with van der Waals surface area (Å²) in [4.78, 5) is 10.6. The lowest BCUT2D eigenvalue weighted by atomic mass is 10.00. The Bertz CT molecular complexity index is 3480. The number of para-hydroxylation sites is 3. The zero-order valence-electron chi connectivity index (χ0n) is 29.5. The number of hydrogen-bond acceptors (Lipinski definition) is 3. The number of nitrogens with zero attached hydrogens (tertiary/aromatic N) is 4. The molecule has 0 saturated carbocycles. The molecule has 4 nitrogen and oxygen atoms in total. The maximum absolute atomic E-state index is 5.36. The molecule has 0 aliphatic rings. The number of aromatic nitrogens is 4. The SMILES string of the molecule is c1ccc(-c2nc(-n3c4ccc(-c5ccc6c(c5)c5ccccc5n6-c5ccccc5)cc4c4c5sc6ccccc6c5ccc43)nc3ccccc23)cc1. The molecule has 0 atom stereocenters. The smallest absolute Gasteiger partial charge is 0.235 e. The molecule has 4 heterocycles. The topological polar surface area (TPSA) is 35.6 Å². The largest absolute Gasteiger partial charge is 0.309 e. The van der Waals surface area contributed by atoms with Gasteiger partial charge in [-0.15, -0.1) is 11.3 Å². The Hall–Kier alpha value is -7.08. The van der Waals surface area contributed by atoms with Crippen molar-refractivity contribution in [3.8, 4) is 34.0 Å². The number of rotatable bonds is 4. The third-order valence-corrected chi connectivity index (χ3v) is 12.3. The van der Waals surface area contributed by atoms with Crippen molar-refractivity contribution >= 4 is 86.0 Å². The minimum atomic E-state index is 0.668. The van der Waals surface area contributed by atoms with Crippen LogP contribution in [-0.2, 0) is 0 Å². The molecule has 5 heteroatoms. The highest BCUT2D eigenvalue weighted by molar-refractivity contribution is 7.26. The summed E-state index contributed by atoms with van der Waals surface area (Å²) in [5.74, 6) is 0.668. The van der Waals surface area contributed by atoms with Gasteiger partial charge >= 0.3 is 0 Å². The average Bonchev–Trinajstić information content (AvgIpc) is 3.91. The summed E-state index contributed by atoms with van der Waals surface area (Å²) >= 11 is 1.87. The molecule has 4 aromatic heterocycles. The zero-order valence-corrected chi connectivity index (χ0v) is 30.3. The van der Waals surface area contributed by atoms with Gasteiger partial charge in [0.1, 0.15) is 0 Å². The van der Waals surface area contributed by atoms with Crippen LogP contribution in [-0.4, -0.2) is 19.1 Å². The minimum absolute atomic E-state index is 0.668. The predicted octanol–water partition coefficient (Wildman–Crippen LogP) is 13.5. The van der Waals surface area contributed by atoms with Crippen LogP contribution in [0.1, 0.15) is 0 Å². The van der Waals surface area contributed by atoms with E-state index in [0.717, 1.165) is 38.9 Å². The Morgan fingerprint density at radius 3 is 1.82 bits per heavy atom. The standard InChI is InChI=1S/C50H30N4S/c1-3-13-31(14-4-1)48-38-19-7-10-20-41(38)51-50(52-48)54-44-27-24-33(30-40(44)47-45(54)28-25-37-36-18-9-12-22-46(36)55-49(37)47)32-23-26-43-39(29-32)35-17-8-11-21-42(35)53(43)34-15-5-2-6-16-34/h1-30H. The van der Waals surface area contributed by atoms with Crippen LogP contribution in [0.5, 0.6) is 0 Å². The fraction of sp³-hybridized carbons (Fsp3) is 0. The predicted molar refractivity (Wildman–Crippen MR) is 232 cm³/mol. The van der Waals surface area contributed by atoms with E-state index < -0.39 is 0 Å². The summed E-state index contributed by atoms with van der Waals surface area (Å²) in [6.45, 7) is 0. The first kappa shape index (κ1) is 30.4. The van der Waals surface area contributed by atoms with Crippen molar-refractivity contribution < 1.29 is 0 Å². The van der Waals surface area contributed by atoms with Gasteiger partial charge in [-0.25, -0.2) is 9.97 Å². The van der Waals surface area contributed by atoms with Gasteiger partial charge < -0.3 is 4.57 Å². The fourth-order valence-corrected chi connectivity index (χ4v) is 9.93. The van der Waals surface area contributed by atoms with Crippen LogP contribution in [0.25, 0.3) is 109 Å². The minimum Gasteiger partial charge on any atom is -0.309 e. The van der Waals surface area contributed by atoms with Gasteiger partial charge in [0.2, 0.25) is 5.95 Å². The highest BCUT2D eigenvalue weighted by Gasteiger charge is 2.21. The van der Waals surface area contributed by atoms with Crippen molar-refractivity contribution in [1.29, 1.82) is 0 Å². The Kier molecular flexibility index (Phi) is 6.47. The normalized spacial score (nSPS) is 12.0. The maximum Gasteiger partial charge on any atom is 0.235 e. The summed E-state index contributed by atoms with van der Waals surface area (Å²) in [7, 11) is 0. The van der Waals surface area contributed by atoms with Crippen molar-refractivity contribution in [2.75, 3.05) is 0 Å². The van der Waals surface area contributed by atoms with Crippen LogP contribution in [0.15, 0.2) is 182 Å².